The van der Waals surface area contributed by atoms with Gasteiger partial charge in [-0.2, -0.15) is 5.10 Å². The lowest BCUT2D eigenvalue weighted by molar-refractivity contribution is -0.0501. The number of H-pyrrole nitrogens is 1. The molecule has 6 heteroatoms. The number of halogens is 1. The van der Waals surface area contributed by atoms with E-state index in [4.69, 9.17) is 11.6 Å². The molecule has 1 spiro atoms. The van der Waals surface area contributed by atoms with E-state index in [1.165, 1.54) is 58.0 Å². The summed E-state index contributed by atoms with van der Waals surface area (Å²) in [5.74, 6) is 0.376. The van der Waals surface area contributed by atoms with Gasteiger partial charge in [-0.1, -0.05) is 24.4 Å². The first-order chi connectivity index (χ1) is 12.6. The molecule has 26 heavy (non-hydrogen) atoms. The number of aromatic nitrogens is 2. The average molecular weight is 381 g/mol. The fraction of sp³-hybridized carbons (Fsp3) is 0.850. The van der Waals surface area contributed by atoms with Crippen LogP contribution in [0.15, 0.2) is 0 Å². The van der Waals surface area contributed by atoms with Crippen LogP contribution in [0.25, 0.3) is 0 Å². The van der Waals surface area contributed by atoms with E-state index in [0.29, 0.717) is 17.9 Å². The SMILES string of the molecule is Cc1[nH]nc(CN2CCC3(CCN(C4CCCC4)CC3)[C@H](CO)C2)c1Cl. The normalized spacial score (nSPS) is 28.2. The molecular weight excluding hydrogens is 348 g/mol. The molecule has 1 aliphatic carbocycles. The van der Waals surface area contributed by atoms with Crippen LogP contribution in [-0.4, -0.2) is 63.9 Å². The fourth-order valence-electron chi connectivity index (χ4n) is 5.62. The summed E-state index contributed by atoms with van der Waals surface area (Å²) in [7, 11) is 0. The van der Waals surface area contributed by atoms with E-state index in [9.17, 15) is 5.11 Å². The number of aryl methyl sites for hydroxylation is 1. The third kappa shape index (κ3) is 3.56. The molecule has 4 rings (SSSR count). The topological polar surface area (TPSA) is 55.4 Å². The van der Waals surface area contributed by atoms with E-state index in [1.807, 2.05) is 6.92 Å². The second-order valence-electron chi connectivity index (χ2n) is 8.81. The van der Waals surface area contributed by atoms with Gasteiger partial charge in [0.05, 0.1) is 16.4 Å². The Morgan fingerprint density at radius 2 is 1.88 bits per heavy atom. The predicted molar refractivity (Wildman–Crippen MR) is 104 cm³/mol. The summed E-state index contributed by atoms with van der Waals surface area (Å²) in [6.07, 6.45) is 9.32. The highest BCUT2D eigenvalue weighted by molar-refractivity contribution is 6.31. The van der Waals surface area contributed by atoms with Crippen molar-refractivity contribution in [3.63, 3.8) is 0 Å². The zero-order chi connectivity index (χ0) is 18.1. The number of rotatable bonds is 4. The number of aromatic amines is 1. The van der Waals surface area contributed by atoms with E-state index in [2.05, 4.69) is 20.0 Å². The highest BCUT2D eigenvalue weighted by atomic mass is 35.5. The van der Waals surface area contributed by atoms with Gasteiger partial charge in [0.2, 0.25) is 0 Å². The lowest BCUT2D eigenvalue weighted by atomic mass is 9.64. The first kappa shape index (κ1) is 18.7. The second-order valence-corrected chi connectivity index (χ2v) is 9.19. The minimum absolute atomic E-state index is 0.299. The highest BCUT2D eigenvalue weighted by Crippen LogP contribution is 2.46. The van der Waals surface area contributed by atoms with Crippen LogP contribution >= 0.6 is 11.6 Å². The molecule has 0 unspecified atom stereocenters. The summed E-state index contributed by atoms with van der Waals surface area (Å²) in [5.41, 5.74) is 2.21. The minimum atomic E-state index is 0.299. The van der Waals surface area contributed by atoms with Gasteiger partial charge >= 0.3 is 0 Å². The molecule has 3 heterocycles. The Kier molecular flexibility index (Phi) is 5.61. The van der Waals surface area contributed by atoms with Crippen LogP contribution in [0.3, 0.4) is 0 Å². The van der Waals surface area contributed by atoms with Gasteiger partial charge in [0.15, 0.2) is 0 Å². The summed E-state index contributed by atoms with van der Waals surface area (Å²) in [6, 6.07) is 0.838. The maximum Gasteiger partial charge on any atom is 0.0951 e. The molecule has 1 aromatic rings. The molecule has 0 amide bonds. The zero-order valence-electron chi connectivity index (χ0n) is 16.0. The summed E-state index contributed by atoms with van der Waals surface area (Å²) in [5, 5.41) is 18.2. The van der Waals surface area contributed by atoms with Crippen molar-refractivity contribution in [1.29, 1.82) is 0 Å². The standard InChI is InChI=1S/C20H33ClN4O/c1-15-19(21)18(23-22-15)13-24-9-6-20(16(12-24)14-26)7-10-25(11-8-20)17-4-2-3-5-17/h16-17,26H,2-14H2,1H3,(H,22,23)/t16-/m0/s1. The van der Waals surface area contributed by atoms with Gasteiger partial charge in [-0.05, 0) is 64.1 Å². The molecule has 0 bridgehead atoms. The maximum absolute atomic E-state index is 10.1. The van der Waals surface area contributed by atoms with Gasteiger partial charge in [-0.3, -0.25) is 10.00 Å². The van der Waals surface area contributed by atoms with Crippen LogP contribution in [0, 0.1) is 18.3 Å². The zero-order valence-corrected chi connectivity index (χ0v) is 16.8. The van der Waals surface area contributed by atoms with E-state index >= 15 is 0 Å². The van der Waals surface area contributed by atoms with E-state index in [1.54, 1.807) is 0 Å². The van der Waals surface area contributed by atoms with Gasteiger partial charge < -0.3 is 10.0 Å². The summed E-state index contributed by atoms with van der Waals surface area (Å²) >= 11 is 6.34. The summed E-state index contributed by atoms with van der Waals surface area (Å²) in [6.45, 7) is 7.54. The molecule has 0 radical (unpaired) electrons. The van der Waals surface area contributed by atoms with Crippen LogP contribution in [0.2, 0.25) is 5.02 Å². The van der Waals surface area contributed by atoms with E-state index in [0.717, 1.165) is 42.1 Å². The number of nitrogens with zero attached hydrogens (tertiary/aromatic N) is 3. The first-order valence-corrected chi connectivity index (χ1v) is 10.8. The predicted octanol–water partition coefficient (Wildman–Crippen LogP) is 3.21. The van der Waals surface area contributed by atoms with Crippen LogP contribution in [-0.2, 0) is 6.54 Å². The molecule has 146 valence electrons. The molecule has 2 saturated heterocycles. The molecular formula is C20H33ClN4O. The Hall–Kier alpha value is -0.620. The van der Waals surface area contributed by atoms with Crippen molar-refractivity contribution in [3.05, 3.63) is 16.4 Å². The van der Waals surface area contributed by atoms with Crippen molar-refractivity contribution in [2.75, 3.05) is 32.8 Å². The van der Waals surface area contributed by atoms with Gasteiger partial charge in [0, 0.05) is 31.7 Å². The Labute approximate surface area is 162 Å². The Balaban J connectivity index is 1.36. The third-order valence-electron chi connectivity index (χ3n) is 7.44. The number of hydrogen-bond donors (Lipinski definition) is 2. The molecule has 3 aliphatic rings. The summed E-state index contributed by atoms with van der Waals surface area (Å²) < 4.78 is 0. The van der Waals surface area contributed by atoms with E-state index in [-0.39, 0.29) is 0 Å². The van der Waals surface area contributed by atoms with E-state index < -0.39 is 0 Å². The largest absolute Gasteiger partial charge is 0.396 e. The number of aliphatic hydroxyl groups excluding tert-OH is 1. The van der Waals surface area contributed by atoms with Crippen molar-refractivity contribution in [2.24, 2.45) is 11.3 Å². The van der Waals surface area contributed by atoms with Crippen molar-refractivity contribution in [1.82, 2.24) is 20.0 Å². The number of aliphatic hydroxyl groups is 1. The lowest BCUT2D eigenvalue weighted by Gasteiger charge is -2.52. The van der Waals surface area contributed by atoms with Gasteiger partial charge in [-0.15, -0.1) is 0 Å². The van der Waals surface area contributed by atoms with Crippen molar-refractivity contribution in [2.45, 2.75) is 64.5 Å². The molecule has 2 N–H and O–H groups in total. The molecule has 1 aromatic heterocycles. The van der Waals surface area contributed by atoms with Crippen LogP contribution in [0.4, 0.5) is 0 Å². The first-order valence-electron chi connectivity index (χ1n) is 10.4. The van der Waals surface area contributed by atoms with Crippen molar-refractivity contribution < 1.29 is 5.11 Å². The van der Waals surface area contributed by atoms with Crippen LogP contribution in [0.1, 0.15) is 56.3 Å². The summed E-state index contributed by atoms with van der Waals surface area (Å²) in [4.78, 5) is 5.17. The quantitative estimate of drug-likeness (QED) is 0.842. The van der Waals surface area contributed by atoms with Gasteiger partial charge in [0.25, 0.3) is 0 Å². The molecule has 0 aromatic carbocycles. The smallest absolute Gasteiger partial charge is 0.0951 e. The number of nitrogens with one attached hydrogen (secondary N) is 1. The molecule has 1 atom stereocenters. The van der Waals surface area contributed by atoms with Gasteiger partial charge in [0.1, 0.15) is 0 Å². The Morgan fingerprint density at radius 3 is 2.50 bits per heavy atom. The molecule has 3 fully saturated rings. The Morgan fingerprint density at radius 1 is 1.19 bits per heavy atom. The third-order valence-corrected chi connectivity index (χ3v) is 7.94. The molecule has 1 saturated carbocycles. The maximum atomic E-state index is 10.1. The highest BCUT2D eigenvalue weighted by Gasteiger charge is 2.45. The fourth-order valence-corrected chi connectivity index (χ4v) is 5.77. The van der Waals surface area contributed by atoms with Crippen molar-refractivity contribution >= 4 is 11.6 Å². The van der Waals surface area contributed by atoms with Crippen LogP contribution in [0.5, 0.6) is 0 Å². The molecule has 5 nitrogen and oxygen atoms in total. The second kappa shape index (κ2) is 7.78. The lowest BCUT2D eigenvalue weighted by Crippen LogP contribution is -2.54. The minimum Gasteiger partial charge on any atom is -0.396 e. The monoisotopic (exact) mass is 380 g/mol. The van der Waals surface area contributed by atoms with Crippen LogP contribution < -0.4 is 0 Å². The number of likely N-dealkylation sites (tertiary alicyclic amines) is 2. The number of piperidine rings is 2. The van der Waals surface area contributed by atoms with Gasteiger partial charge in [-0.25, -0.2) is 0 Å². The Bertz CT molecular complexity index is 605. The molecule has 2 aliphatic heterocycles. The average Bonchev–Trinajstić information content (AvgIpc) is 3.30. The van der Waals surface area contributed by atoms with Crippen molar-refractivity contribution in [3.8, 4) is 0 Å². The number of hydrogen-bond acceptors (Lipinski definition) is 4.